The number of aromatic nitrogens is 2. The maximum Gasteiger partial charge on any atom is 0.169 e. The smallest absolute Gasteiger partial charge is 0.169 e. The van der Waals surface area contributed by atoms with E-state index in [0.717, 1.165) is 43.7 Å². The summed E-state index contributed by atoms with van der Waals surface area (Å²) >= 11 is 0. The summed E-state index contributed by atoms with van der Waals surface area (Å²) in [4.78, 5) is 2.57. The Bertz CT molecular complexity index is 884. The van der Waals surface area contributed by atoms with Gasteiger partial charge in [-0.15, -0.1) is 0 Å². The van der Waals surface area contributed by atoms with Gasteiger partial charge in [0.2, 0.25) is 0 Å². The van der Waals surface area contributed by atoms with E-state index in [1.807, 2.05) is 18.2 Å². The second kappa shape index (κ2) is 9.11. The number of nitrogens with zero attached hydrogens (tertiary/aromatic N) is 2. The number of piperidine rings is 1. The van der Waals surface area contributed by atoms with Crippen LogP contribution in [0, 0.1) is 6.07 Å². The molecule has 1 aliphatic rings. The van der Waals surface area contributed by atoms with Crippen molar-refractivity contribution in [2.75, 3.05) is 33.4 Å². The van der Waals surface area contributed by atoms with E-state index in [0.29, 0.717) is 18.3 Å². The average molecular weight is 378 g/mol. The lowest BCUT2D eigenvalue weighted by atomic mass is 9.91. The third-order valence-corrected chi connectivity index (χ3v) is 5.59. The molecule has 0 spiro atoms. The molecule has 1 radical (unpaired) electrons. The molecule has 147 valence electrons. The maximum absolute atomic E-state index is 5.81. The van der Waals surface area contributed by atoms with Gasteiger partial charge in [0.15, 0.2) is 11.5 Å². The van der Waals surface area contributed by atoms with E-state index in [-0.39, 0.29) is 0 Å². The van der Waals surface area contributed by atoms with Gasteiger partial charge in [0.1, 0.15) is 0 Å². The number of rotatable bonds is 8. The lowest BCUT2D eigenvalue weighted by Gasteiger charge is -2.31. The van der Waals surface area contributed by atoms with Crippen molar-refractivity contribution in [3.05, 3.63) is 54.2 Å². The molecule has 1 saturated heterocycles. The Kier molecular flexibility index (Phi) is 6.12. The lowest BCUT2D eigenvalue weighted by molar-refractivity contribution is 0.200. The zero-order chi connectivity index (χ0) is 19.2. The Balaban J connectivity index is 1.18. The van der Waals surface area contributed by atoms with Gasteiger partial charge in [-0.1, -0.05) is 30.3 Å². The number of likely N-dealkylation sites (tertiary alicyclic amines) is 1. The molecule has 1 aromatic heterocycles. The Morgan fingerprint density at radius 3 is 2.86 bits per heavy atom. The van der Waals surface area contributed by atoms with Crippen LogP contribution in [-0.2, 0) is 0 Å². The van der Waals surface area contributed by atoms with Crippen molar-refractivity contribution >= 4 is 10.9 Å². The molecule has 0 saturated carbocycles. The summed E-state index contributed by atoms with van der Waals surface area (Å²) in [5.74, 6) is 2.02. The van der Waals surface area contributed by atoms with Gasteiger partial charge in [0.25, 0.3) is 0 Å². The van der Waals surface area contributed by atoms with Crippen LogP contribution >= 0.6 is 0 Å². The molecule has 0 aliphatic carbocycles. The summed E-state index contributed by atoms with van der Waals surface area (Å²) in [6.07, 6.45) is 4.55. The van der Waals surface area contributed by atoms with Gasteiger partial charge in [-0.05, 0) is 57.5 Å². The van der Waals surface area contributed by atoms with Gasteiger partial charge in [0.05, 0.1) is 24.9 Å². The molecular weight excluding hydrogens is 350 g/mol. The highest BCUT2D eigenvalue weighted by Crippen LogP contribution is 2.31. The molecule has 0 bridgehead atoms. The molecule has 5 nitrogen and oxygen atoms in total. The first kappa shape index (κ1) is 18.8. The fourth-order valence-corrected chi connectivity index (χ4v) is 4.02. The van der Waals surface area contributed by atoms with Crippen molar-refractivity contribution in [3.8, 4) is 11.5 Å². The van der Waals surface area contributed by atoms with Crippen molar-refractivity contribution in [1.29, 1.82) is 0 Å². The van der Waals surface area contributed by atoms with Crippen molar-refractivity contribution in [2.45, 2.75) is 31.6 Å². The number of methoxy groups -OCH3 is 1. The zero-order valence-corrected chi connectivity index (χ0v) is 16.5. The van der Waals surface area contributed by atoms with Crippen molar-refractivity contribution in [1.82, 2.24) is 15.1 Å². The van der Waals surface area contributed by atoms with E-state index in [4.69, 9.17) is 9.47 Å². The van der Waals surface area contributed by atoms with E-state index in [1.54, 1.807) is 7.11 Å². The summed E-state index contributed by atoms with van der Waals surface area (Å²) in [6.45, 7) is 4.12. The third kappa shape index (κ3) is 4.30. The third-order valence-electron chi connectivity index (χ3n) is 5.59. The Labute approximate surface area is 166 Å². The van der Waals surface area contributed by atoms with E-state index >= 15 is 0 Å². The molecule has 3 aromatic rings. The van der Waals surface area contributed by atoms with Crippen LogP contribution < -0.4 is 9.47 Å². The predicted molar refractivity (Wildman–Crippen MR) is 111 cm³/mol. The van der Waals surface area contributed by atoms with Crippen LogP contribution in [0.15, 0.2) is 42.5 Å². The number of fused-ring (bicyclic) bond motifs is 1. The van der Waals surface area contributed by atoms with E-state index in [2.05, 4.69) is 45.4 Å². The first-order valence-electron chi connectivity index (χ1n) is 10.2. The molecule has 4 rings (SSSR count). The predicted octanol–water partition coefficient (Wildman–Crippen LogP) is 4.41. The number of hydrogen-bond donors (Lipinski definition) is 1. The molecule has 28 heavy (non-hydrogen) atoms. The normalized spacial score (nSPS) is 15.8. The van der Waals surface area contributed by atoms with E-state index in [9.17, 15) is 0 Å². The highest BCUT2D eigenvalue weighted by molar-refractivity contribution is 5.81. The second-order valence-corrected chi connectivity index (χ2v) is 7.39. The summed E-state index contributed by atoms with van der Waals surface area (Å²) in [5, 5.41) is 9.06. The van der Waals surface area contributed by atoms with Gasteiger partial charge in [0, 0.05) is 17.4 Å². The highest BCUT2D eigenvalue weighted by Gasteiger charge is 2.23. The molecule has 2 aromatic carbocycles. The fraction of sp³-hybridized carbons (Fsp3) is 0.435. The van der Waals surface area contributed by atoms with Crippen LogP contribution in [0.5, 0.6) is 11.5 Å². The Morgan fingerprint density at radius 2 is 2.00 bits per heavy atom. The van der Waals surface area contributed by atoms with Crippen LogP contribution in [0.3, 0.4) is 0 Å². The van der Waals surface area contributed by atoms with Crippen LogP contribution in [0.4, 0.5) is 0 Å². The molecule has 0 atom stereocenters. The molecule has 0 amide bonds. The number of unbranched alkanes of at least 4 members (excludes halogenated alkanes) is 1. The summed E-state index contributed by atoms with van der Waals surface area (Å²) in [6, 6.07) is 17.2. The van der Waals surface area contributed by atoms with Crippen molar-refractivity contribution in [3.63, 3.8) is 0 Å². The number of ether oxygens (including phenoxy) is 2. The number of hydrogen-bond acceptors (Lipinski definition) is 4. The number of benzene rings is 2. The largest absolute Gasteiger partial charge is 0.493 e. The zero-order valence-electron chi connectivity index (χ0n) is 16.5. The summed E-state index contributed by atoms with van der Waals surface area (Å²) in [5.41, 5.74) is 2.39. The first-order valence-corrected chi connectivity index (χ1v) is 10.2. The maximum atomic E-state index is 5.81. The highest BCUT2D eigenvalue weighted by atomic mass is 16.5. The van der Waals surface area contributed by atoms with E-state index in [1.165, 1.54) is 23.9 Å². The standard InChI is InChI=1S/C23H28N3O2/c1-27-21-10-4-5-11-22(21)28-17-7-6-14-26-15-12-18(13-16-26)23-19-8-2-3-9-20(19)24-25-23/h2-5,8-10,18H,6-7,12-17H2,1H3,(H,24,25). The van der Waals surface area contributed by atoms with Gasteiger partial charge >= 0.3 is 0 Å². The number of H-pyrrole nitrogens is 1. The lowest BCUT2D eigenvalue weighted by Crippen LogP contribution is -2.34. The van der Waals surface area contributed by atoms with E-state index < -0.39 is 0 Å². The minimum atomic E-state index is 0.566. The number of para-hydroxylation sites is 2. The second-order valence-electron chi connectivity index (χ2n) is 7.39. The molecule has 1 aliphatic heterocycles. The average Bonchev–Trinajstić information content (AvgIpc) is 3.18. The van der Waals surface area contributed by atoms with Gasteiger partial charge < -0.3 is 14.4 Å². The van der Waals surface area contributed by atoms with Gasteiger partial charge in [-0.25, -0.2) is 0 Å². The van der Waals surface area contributed by atoms with Crippen LogP contribution in [0.1, 0.15) is 37.3 Å². The fourth-order valence-electron chi connectivity index (χ4n) is 4.02. The first-order chi connectivity index (χ1) is 13.8. The summed E-state index contributed by atoms with van der Waals surface area (Å²) < 4.78 is 11.1. The summed E-state index contributed by atoms with van der Waals surface area (Å²) in [7, 11) is 1.66. The monoisotopic (exact) mass is 378 g/mol. The Morgan fingerprint density at radius 1 is 1.14 bits per heavy atom. The minimum absolute atomic E-state index is 0.566. The SMILES string of the molecule is COc1ccc[c]c1OCCCCN1CCC(c2n[nH]c3ccccc23)CC1. The topological polar surface area (TPSA) is 50.4 Å². The molecule has 1 N–H and O–H groups in total. The Hall–Kier alpha value is -2.53. The quantitative estimate of drug-likeness (QED) is 0.590. The minimum Gasteiger partial charge on any atom is -0.493 e. The molecule has 1 fully saturated rings. The van der Waals surface area contributed by atoms with Gasteiger partial charge in [-0.2, -0.15) is 5.10 Å². The van der Waals surface area contributed by atoms with Crippen molar-refractivity contribution < 1.29 is 9.47 Å². The van der Waals surface area contributed by atoms with Crippen LogP contribution in [0.25, 0.3) is 10.9 Å². The molecule has 2 heterocycles. The molecular formula is C23H28N3O2. The number of aromatic amines is 1. The molecule has 5 heteroatoms. The van der Waals surface area contributed by atoms with Crippen LogP contribution in [0.2, 0.25) is 0 Å². The van der Waals surface area contributed by atoms with Crippen LogP contribution in [-0.4, -0.2) is 48.4 Å². The van der Waals surface area contributed by atoms with Crippen molar-refractivity contribution in [2.24, 2.45) is 0 Å². The number of nitrogens with one attached hydrogen (secondary N) is 1. The molecule has 0 unspecified atom stereocenters. The van der Waals surface area contributed by atoms with Gasteiger partial charge in [-0.3, -0.25) is 5.10 Å².